The maximum absolute atomic E-state index is 11.9. The van der Waals surface area contributed by atoms with Gasteiger partial charge in [0.25, 0.3) is 0 Å². The third-order valence-electron chi connectivity index (χ3n) is 3.91. The number of ether oxygens (including phenoxy) is 1. The van der Waals surface area contributed by atoms with Gasteiger partial charge in [-0.15, -0.1) is 0 Å². The van der Waals surface area contributed by atoms with Crippen LogP contribution in [0.1, 0.15) is 37.4 Å². The van der Waals surface area contributed by atoms with Crippen LogP contribution in [0, 0.1) is 13.8 Å². The van der Waals surface area contributed by atoms with Crippen LogP contribution < -0.4 is 10.6 Å². The first kappa shape index (κ1) is 15.9. The Kier molecular flexibility index (Phi) is 4.58. The van der Waals surface area contributed by atoms with Gasteiger partial charge >= 0.3 is 6.03 Å². The Morgan fingerprint density at radius 3 is 2.76 bits per heavy atom. The lowest BCUT2D eigenvalue weighted by atomic mass is 9.96. The number of urea groups is 1. The maximum Gasteiger partial charge on any atom is 0.315 e. The number of aryl methyl sites for hydroxylation is 2. The van der Waals surface area contributed by atoms with Gasteiger partial charge in [-0.25, -0.2) is 4.79 Å². The van der Waals surface area contributed by atoms with Gasteiger partial charge in [0.1, 0.15) is 17.1 Å². The molecule has 6 heteroatoms. The molecule has 1 aliphatic heterocycles. The Bertz CT molecular complexity index is 510. The fourth-order valence-corrected chi connectivity index (χ4v) is 2.65. The van der Waals surface area contributed by atoms with E-state index in [0.717, 1.165) is 12.2 Å². The van der Waals surface area contributed by atoms with Crippen LogP contribution in [-0.2, 0) is 10.3 Å². The number of carbonyl (C=O) groups excluding carboxylic acids is 1. The Hall–Kier alpha value is -1.53. The molecule has 1 aromatic rings. The minimum absolute atomic E-state index is 0.0212. The molecule has 2 heterocycles. The zero-order valence-electron chi connectivity index (χ0n) is 13.0. The second-order valence-electron chi connectivity index (χ2n) is 5.90. The Balaban J connectivity index is 1.89. The fraction of sp³-hybridized carbons (Fsp3) is 0.667. The average molecular weight is 296 g/mol. The van der Waals surface area contributed by atoms with Crippen LogP contribution in [-0.4, -0.2) is 36.4 Å². The summed E-state index contributed by atoms with van der Waals surface area (Å²) in [4.78, 5) is 11.9. The van der Waals surface area contributed by atoms with E-state index in [2.05, 4.69) is 10.6 Å². The van der Waals surface area contributed by atoms with Gasteiger partial charge in [0.15, 0.2) is 0 Å². The summed E-state index contributed by atoms with van der Waals surface area (Å²) in [6.45, 7) is 8.00. The SMILES string of the molecule is Cc1cc(C(C)(O)CNC(=O)NC2CCOC2C)c(C)o1. The number of aliphatic hydroxyl groups is 1. The third kappa shape index (κ3) is 3.77. The first-order valence-electron chi connectivity index (χ1n) is 7.25. The number of hydrogen-bond donors (Lipinski definition) is 3. The van der Waals surface area contributed by atoms with Crippen molar-refractivity contribution in [3.63, 3.8) is 0 Å². The van der Waals surface area contributed by atoms with Crippen LogP contribution in [0.5, 0.6) is 0 Å². The number of rotatable bonds is 4. The maximum atomic E-state index is 11.9. The van der Waals surface area contributed by atoms with Crippen molar-refractivity contribution in [2.75, 3.05) is 13.2 Å². The lowest BCUT2D eigenvalue weighted by Gasteiger charge is -2.24. The summed E-state index contributed by atoms with van der Waals surface area (Å²) >= 11 is 0. The summed E-state index contributed by atoms with van der Waals surface area (Å²) in [5.74, 6) is 1.40. The predicted molar refractivity (Wildman–Crippen MR) is 78.1 cm³/mol. The van der Waals surface area contributed by atoms with Crippen molar-refractivity contribution < 1.29 is 19.1 Å². The van der Waals surface area contributed by atoms with Crippen LogP contribution in [0.2, 0.25) is 0 Å². The molecule has 6 nitrogen and oxygen atoms in total. The van der Waals surface area contributed by atoms with Gasteiger partial charge in [-0.1, -0.05) is 0 Å². The second-order valence-corrected chi connectivity index (χ2v) is 5.90. The van der Waals surface area contributed by atoms with Crippen molar-refractivity contribution >= 4 is 6.03 Å². The van der Waals surface area contributed by atoms with Crippen LogP contribution in [0.25, 0.3) is 0 Å². The van der Waals surface area contributed by atoms with E-state index < -0.39 is 5.60 Å². The van der Waals surface area contributed by atoms with Gasteiger partial charge in [-0.05, 0) is 40.2 Å². The minimum atomic E-state index is -1.17. The summed E-state index contributed by atoms with van der Waals surface area (Å²) in [6, 6.07) is 1.52. The molecule has 1 aromatic heterocycles. The highest BCUT2D eigenvalue weighted by molar-refractivity contribution is 5.74. The smallest absolute Gasteiger partial charge is 0.315 e. The molecule has 2 amide bonds. The van der Waals surface area contributed by atoms with Gasteiger partial charge < -0.3 is 24.9 Å². The van der Waals surface area contributed by atoms with Crippen molar-refractivity contribution in [3.05, 3.63) is 23.2 Å². The molecular formula is C15H24N2O4. The monoisotopic (exact) mass is 296 g/mol. The summed E-state index contributed by atoms with van der Waals surface area (Å²) < 4.78 is 10.8. The summed E-state index contributed by atoms with van der Waals surface area (Å²) in [5, 5.41) is 16.1. The quantitative estimate of drug-likeness (QED) is 0.787. The summed E-state index contributed by atoms with van der Waals surface area (Å²) in [6.07, 6.45) is 0.834. The van der Waals surface area contributed by atoms with Crippen molar-refractivity contribution in [1.82, 2.24) is 10.6 Å². The lowest BCUT2D eigenvalue weighted by Crippen LogP contribution is -2.48. The number of furan rings is 1. The Morgan fingerprint density at radius 1 is 1.52 bits per heavy atom. The summed E-state index contributed by atoms with van der Waals surface area (Å²) in [7, 11) is 0. The minimum Gasteiger partial charge on any atom is -0.466 e. The number of nitrogens with one attached hydrogen (secondary N) is 2. The van der Waals surface area contributed by atoms with Crippen LogP contribution in [0.15, 0.2) is 10.5 Å². The normalized spacial score (nSPS) is 24.6. The van der Waals surface area contributed by atoms with Gasteiger partial charge in [-0.2, -0.15) is 0 Å². The van der Waals surface area contributed by atoms with Crippen molar-refractivity contribution in [1.29, 1.82) is 0 Å². The van der Waals surface area contributed by atoms with E-state index in [1.165, 1.54) is 0 Å². The zero-order chi connectivity index (χ0) is 15.6. The third-order valence-corrected chi connectivity index (χ3v) is 3.91. The molecular weight excluding hydrogens is 272 g/mol. The predicted octanol–water partition coefficient (Wildman–Crippen LogP) is 1.58. The molecule has 0 bridgehead atoms. The first-order valence-corrected chi connectivity index (χ1v) is 7.25. The van der Waals surface area contributed by atoms with Crippen molar-refractivity contribution in [2.24, 2.45) is 0 Å². The van der Waals surface area contributed by atoms with E-state index in [4.69, 9.17) is 9.15 Å². The zero-order valence-corrected chi connectivity index (χ0v) is 13.0. The molecule has 0 saturated carbocycles. The summed E-state index contributed by atoms with van der Waals surface area (Å²) in [5.41, 5.74) is -0.477. The van der Waals surface area contributed by atoms with Gasteiger partial charge in [-0.3, -0.25) is 0 Å². The molecule has 118 valence electrons. The number of amides is 2. The highest BCUT2D eigenvalue weighted by Gasteiger charge is 2.30. The van der Waals surface area contributed by atoms with E-state index >= 15 is 0 Å². The highest BCUT2D eigenvalue weighted by atomic mass is 16.5. The molecule has 0 radical (unpaired) electrons. The Labute approximate surface area is 124 Å². The topological polar surface area (TPSA) is 83.7 Å². The molecule has 0 spiro atoms. The van der Waals surface area contributed by atoms with E-state index in [1.807, 2.05) is 13.8 Å². The molecule has 2 rings (SSSR count). The number of hydrogen-bond acceptors (Lipinski definition) is 4. The van der Waals surface area contributed by atoms with E-state index in [0.29, 0.717) is 17.9 Å². The molecule has 3 N–H and O–H groups in total. The molecule has 0 aromatic carbocycles. The Morgan fingerprint density at radius 2 is 2.24 bits per heavy atom. The fourth-order valence-electron chi connectivity index (χ4n) is 2.65. The largest absolute Gasteiger partial charge is 0.466 e. The standard InChI is InChI=1S/C15H24N2O4/c1-9-7-12(10(2)21-9)15(4,19)8-16-14(18)17-13-5-6-20-11(13)3/h7,11,13,19H,5-6,8H2,1-4H3,(H2,16,17,18). The molecule has 21 heavy (non-hydrogen) atoms. The molecule has 1 saturated heterocycles. The van der Waals surface area contributed by atoms with Crippen LogP contribution in [0.4, 0.5) is 4.79 Å². The second kappa shape index (κ2) is 6.07. The molecule has 1 aliphatic rings. The molecule has 1 fully saturated rings. The van der Waals surface area contributed by atoms with E-state index in [9.17, 15) is 9.90 Å². The average Bonchev–Trinajstić information content (AvgIpc) is 2.94. The van der Waals surface area contributed by atoms with Gasteiger partial charge in [0.2, 0.25) is 0 Å². The molecule has 3 unspecified atom stereocenters. The molecule has 0 aliphatic carbocycles. The van der Waals surface area contributed by atoms with Crippen LogP contribution >= 0.6 is 0 Å². The van der Waals surface area contributed by atoms with Crippen molar-refractivity contribution in [3.8, 4) is 0 Å². The lowest BCUT2D eigenvalue weighted by molar-refractivity contribution is 0.0575. The van der Waals surface area contributed by atoms with E-state index in [1.54, 1.807) is 19.9 Å². The van der Waals surface area contributed by atoms with Crippen LogP contribution in [0.3, 0.4) is 0 Å². The first-order chi connectivity index (χ1) is 9.79. The molecule has 3 atom stereocenters. The number of carbonyl (C=O) groups is 1. The van der Waals surface area contributed by atoms with E-state index in [-0.39, 0.29) is 24.7 Å². The van der Waals surface area contributed by atoms with Gasteiger partial charge in [0, 0.05) is 12.2 Å². The van der Waals surface area contributed by atoms with Gasteiger partial charge in [0.05, 0.1) is 18.7 Å². The highest BCUT2D eigenvalue weighted by Crippen LogP contribution is 2.26. The van der Waals surface area contributed by atoms with Crippen molar-refractivity contribution in [2.45, 2.75) is 51.9 Å².